The summed E-state index contributed by atoms with van der Waals surface area (Å²) in [6, 6.07) is 2.04. The number of carbonyl (C=O) groups excluding carboxylic acids is 2. The minimum Gasteiger partial charge on any atom is -0.369 e. The average molecular weight is 413 g/mol. The smallest absolute Gasteiger partial charge is 0.225 e. The minimum atomic E-state index is -0.185. The van der Waals surface area contributed by atoms with E-state index in [4.69, 9.17) is 10.8 Å². The van der Waals surface area contributed by atoms with Crippen LogP contribution in [0.1, 0.15) is 56.0 Å². The van der Waals surface area contributed by atoms with Gasteiger partial charge in [-0.25, -0.2) is 9.50 Å². The highest BCUT2D eigenvalue weighted by atomic mass is 16.2. The Balaban J connectivity index is 1.53. The number of fused-ring (bicyclic) bond motifs is 1. The van der Waals surface area contributed by atoms with E-state index in [0.29, 0.717) is 0 Å². The topological polar surface area (TPSA) is 96.8 Å². The summed E-state index contributed by atoms with van der Waals surface area (Å²) in [4.78, 5) is 32.8. The van der Waals surface area contributed by atoms with Crippen LogP contribution in [0.5, 0.6) is 0 Å². The molecule has 0 radical (unpaired) electrons. The largest absolute Gasteiger partial charge is 0.369 e. The van der Waals surface area contributed by atoms with Crippen LogP contribution in [0.4, 0.5) is 0 Å². The SMILES string of the molecule is Cc1nn2c([C@@H]3CCN(C(=O)C(C)C)C3)ccnc2c1CN1CCC(C(N)=O)CC1. The summed E-state index contributed by atoms with van der Waals surface area (Å²) in [5, 5.41) is 4.82. The van der Waals surface area contributed by atoms with Gasteiger partial charge in [0.25, 0.3) is 0 Å². The van der Waals surface area contributed by atoms with Crippen molar-refractivity contribution in [3.8, 4) is 0 Å². The Labute approximate surface area is 177 Å². The summed E-state index contributed by atoms with van der Waals surface area (Å²) in [6.07, 6.45) is 4.44. The standard InChI is InChI=1S/C22H32N6O2/c1-14(2)22(30)27-11-7-17(12-27)19-4-8-24-21-18(15(3)25-28(19)21)13-26-9-5-16(6-10-26)20(23)29/h4,8,14,16-17H,5-7,9-13H2,1-3H3,(H2,23,29)/t17-/m1/s1. The maximum atomic E-state index is 12.4. The van der Waals surface area contributed by atoms with Gasteiger partial charge in [-0.15, -0.1) is 0 Å². The summed E-state index contributed by atoms with van der Waals surface area (Å²) in [6.45, 7) is 9.98. The molecule has 2 saturated heterocycles. The molecule has 162 valence electrons. The number of piperidine rings is 1. The first-order chi connectivity index (χ1) is 14.3. The first-order valence-electron chi connectivity index (χ1n) is 11.0. The summed E-state index contributed by atoms with van der Waals surface area (Å²) in [5.74, 6) is 0.333. The van der Waals surface area contributed by atoms with E-state index >= 15 is 0 Å². The van der Waals surface area contributed by atoms with Gasteiger partial charge in [0.2, 0.25) is 11.8 Å². The minimum absolute atomic E-state index is 0.00478. The third-order valence-electron chi connectivity index (χ3n) is 6.63. The van der Waals surface area contributed by atoms with Gasteiger partial charge in [0, 0.05) is 49.1 Å². The molecule has 0 aromatic carbocycles. The van der Waals surface area contributed by atoms with E-state index < -0.39 is 0 Å². The molecule has 8 heteroatoms. The van der Waals surface area contributed by atoms with E-state index in [1.54, 1.807) is 0 Å². The van der Waals surface area contributed by atoms with Crippen molar-refractivity contribution in [3.05, 3.63) is 29.2 Å². The summed E-state index contributed by atoms with van der Waals surface area (Å²) in [5.41, 5.74) is 9.62. The fraction of sp³-hybridized carbons (Fsp3) is 0.636. The number of amides is 2. The number of rotatable bonds is 5. The van der Waals surface area contributed by atoms with Crippen molar-refractivity contribution < 1.29 is 9.59 Å². The molecular weight excluding hydrogens is 380 g/mol. The van der Waals surface area contributed by atoms with Gasteiger partial charge in [-0.3, -0.25) is 14.5 Å². The van der Waals surface area contributed by atoms with Crippen LogP contribution < -0.4 is 5.73 Å². The number of nitrogens with zero attached hydrogens (tertiary/aromatic N) is 5. The highest BCUT2D eigenvalue weighted by molar-refractivity contribution is 5.78. The van der Waals surface area contributed by atoms with Crippen LogP contribution in [0.2, 0.25) is 0 Å². The van der Waals surface area contributed by atoms with Crippen LogP contribution in [0, 0.1) is 18.8 Å². The molecule has 1 atom stereocenters. The van der Waals surface area contributed by atoms with Gasteiger partial charge in [0.05, 0.1) is 11.4 Å². The number of primary amides is 1. The normalized spacial score (nSPS) is 21.1. The number of aryl methyl sites for hydroxylation is 1. The lowest BCUT2D eigenvalue weighted by atomic mass is 9.96. The molecule has 30 heavy (non-hydrogen) atoms. The van der Waals surface area contributed by atoms with Crippen molar-refractivity contribution in [3.63, 3.8) is 0 Å². The van der Waals surface area contributed by atoms with Gasteiger partial charge < -0.3 is 10.6 Å². The van der Waals surface area contributed by atoms with E-state index in [1.165, 1.54) is 0 Å². The first kappa shape index (κ1) is 20.8. The predicted octanol–water partition coefficient (Wildman–Crippen LogP) is 1.71. The summed E-state index contributed by atoms with van der Waals surface area (Å²) in [7, 11) is 0. The molecule has 0 aliphatic carbocycles. The van der Waals surface area contributed by atoms with Crippen molar-refractivity contribution in [1.29, 1.82) is 0 Å². The highest BCUT2D eigenvalue weighted by Gasteiger charge is 2.31. The molecule has 4 rings (SSSR count). The molecule has 2 aliphatic rings. The number of aromatic nitrogens is 3. The van der Waals surface area contributed by atoms with Crippen molar-refractivity contribution in [1.82, 2.24) is 24.4 Å². The third-order valence-corrected chi connectivity index (χ3v) is 6.63. The fourth-order valence-corrected chi connectivity index (χ4v) is 4.78. The molecule has 2 aliphatic heterocycles. The van der Waals surface area contributed by atoms with Crippen LogP contribution in [0.3, 0.4) is 0 Å². The Morgan fingerprint density at radius 3 is 2.60 bits per heavy atom. The second kappa shape index (κ2) is 8.34. The zero-order valence-corrected chi connectivity index (χ0v) is 18.2. The molecule has 2 aromatic heterocycles. The molecule has 0 spiro atoms. The lowest BCUT2D eigenvalue weighted by molar-refractivity contribution is -0.133. The zero-order chi connectivity index (χ0) is 21.4. The first-order valence-corrected chi connectivity index (χ1v) is 11.0. The van der Waals surface area contributed by atoms with Crippen molar-refractivity contribution in [2.24, 2.45) is 17.6 Å². The van der Waals surface area contributed by atoms with Gasteiger partial charge >= 0.3 is 0 Å². The second-order valence-electron chi connectivity index (χ2n) is 9.05. The van der Waals surface area contributed by atoms with Crippen molar-refractivity contribution in [2.45, 2.75) is 52.5 Å². The Hall–Kier alpha value is -2.48. The monoisotopic (exact) mass is 412 g/mol. The van der Waals surface area contributed by atoms with Crippen LogP contribution in [-0.4, -0.2) is 62.4 Å². The molecule has 2 aromatic rings. The summed E-state index contributed by atoms with van der Waals surface area (Å²) < 4.78 is 1.98. The maximum absolute atomic E-state index is 12.4. The number of hydrogen-bond acceptors (Lipinski definition) is 5. The van der Waals surface area contributed by atoms with E-state index in [-0.39, 0.29) is 29.6 Å². The molecule has 2 amide bonds. The third kappa shape index (κ3) is 3.93. The highest BCUT2D eigenvalue weighted by Crippen LogP contribution is 2.30. The lowest BCUT2D eigenvalue weighted by Gasteiger charge is -2.30. The molecule has 2 fully saturated rings. The number of nitrogens with two attached hydrogens (primary N) is 1. The Bertz CT molecular complexity index is 944. The van der Waals surface area contributed by atoms with E-state index in [0.717, 1.165) is 74.6 Å². The average Bonchev–Trinajstić information content (AvgIpc) is 3.33. The van der Waals surface area contributed by atoms with Gasteiger partial charge in [-0.1, -0.05) is 13.8 Å². The molecule has 0 unspecified atom stereocenters. The van der Waals surface area contributed by atoms with Crippen LogP contribution in [0.25, 0.3) is 5.65 Å². The van der Waals surface area contributed by atoms with Crippen LogP contribution in [0.15, 0.2) is 12.3 Å². The quantitative estimate of drug-likeness (QED) is 0.806. The summed E-state index contributed by atoms with van der Waals surface area (Å²) >= 11 is 0. The van der Waals surface area contributed by atoms with E-state index in [1.807, 2.05) is 42.4 Å². The number of hydrogen-bond donors (Lipinski definition) is 1. The van der Waals surface area contributed by atoms with Crippen LogP contribution in [-0.2, 0) is 16.1 Å². The molecule has 2 N–H and O–H groups in total. The van der Waals surface area contributed by atoms with Crippen LogP contribution >= 0.6 is 0 Å². The molecule has 0 saturated carbocycles. The lowest BCUT2D eigenvalue weighted by Crippen LogP contribution is -2.38. The van der Waals surface area contributed by atoms with Crippen molar-refractivity contribution in [2.75, 3.05) is 26.2 Å². The molecule has 4 heterocycles. The maximum Gasteiger partial charge on any atom is 0.225 e. The molecule has 8 nitrogen and oxygen atoms in total. The number of carbonyl (C=O) groups is 2. The van der Waals surface area contributed by atoms with E-state index in [2.05, 4.69) is 9.88 Å². The van der Waals surface area contributed by atoms with Gasteiger partial charge in [0.1, 0.15) is 0 Å². The van der Waals surface area contributed by atoms with Crippen molar-refractivity contribution >= 4 is 17.5 Å². The molecular formula is C22H32N6O2. The van der Waals surface area contributed by atoms with Gasteiger partial charge in [-0.2, -0.15) is 5.10 Å². The fourth-order valence-electron chi connectivity index (χ4n) is 4.78. The van der Waals surface area contributed by atoms with Gasteiger partial charge in [0.15, 0.2) is 5.65 Å². The predicted molar refractivity (Wildman–Crippen MR) is 114 cm³/mol. The number of likely N-dealkylation sites (tertiary alicyclic amines) is 2. The van der Waals surface area contributed by atoms with Gasteiger partial charge in [-0.05, 0) is 45.3 Å². The Morgan fingerprint density at radius 2 is 1.93 bits per heavy atom. The second-order valence-corrected chi connectivity index (χ2v) is 9.05. The Morgan fingerprint density at radius 1 is 1.20 bits per heavy atom. The molecule has 0 bridgehead atoms. The zero-order valence-electron chi connectivity index (χ0n) is 18.2. The van der Waals surface area contributed by atoms with E-state index in [9.17, 15) is 9.59 Å². The Kier molecular flexibility index (Phi) is 5.77.